The maximum Gasteiger partial charge on any atom is 0.205 e. The molecule has 0 aromatic rings. The van der Waals surface area contributed by atoms with Crippen LogP contribution in [0.2, 0.25) is 0 Å². The number of nitrogens with two attached hydrogens (primary N) is 1. The van der Waals surface area contributed by atoms with Crippen LogP contribution in [0.1, 0.15) is 26.7 Å². The van der Waals surface area contributed by atoms with E-state index in [2.05, 4.69) is 0 Å². The molecule has 0 aromatic heterocycles. The van der Waals surface area contributed by atoms with Gasteiger partial charge in [-0.05, 0) is 6.42 Å². The largest absolute Gasteiger partial charge is 0.321 e. The maximum absolute atomic E-state index is 11.3. The predicted molar refractivity (Wildman–Crippen MR) is 58.7 cm³/mol. The van der Waals surface area contributed by atoms with Gasteiger partial charge in [-0.15, -0.1) is 0 Å². The molecule has 14 heavy (non-hydrogen) atoms. The van der Waals surface area contributed by atoms with Crippen LogP contribution in [0.3, 0.4) is 0 Å². The van der Waals surface area contributed by atoms with Gasteiger partial charge in [0, 0.05) is 11.7 Å². The maximum atomic E-state index is 11.3. The van der Waals surface area contributed by atoms with Crippen molar-refractivity contribution in [1.29, 1.82) is 5.41 Å². The summed E-state index contributed by atoms with van der Waals surface area (Å²) in [4.78, 5) is 22.1. The second-order valence-electron chi connectivity index (χ2n) is 3.24. The highest BCUT2D eigenvalue weighted by atomic mass is 32.2. The van der Waals surface area contributed by atoms with Gasteiger partial charge in [0.1, 0.15) is 0 Å². The minimum atomic E-state index is -0.591. The summed E-state index contributed by atoms with van der Waals surface area (Å²) in [5, 5.41) is 6.80. The van der Waals surface area contributed by atoms with E-state index in [0.717, 1.165) is 6.21 Å². The Labute approximate surface area is 88.1 Å². The van der Waals surface area contributed by atoms with Crippen LogP contribution in [0.25, 0.3) is 0 Å². The van der Waals surface area contributed by atoms with Crippen LogP contribution in [-0.4, -0.2) is 28.4 Å². The summed E-state index contributed by atoms with van der Waals surface area (Å²) in [7, 11) is 0. The standard InChI is InChI=1S/C9H16N2O2S/c1-6(2)14-9(13)8(11)4-3-7(12)5-10/h5-6,8,10H,3-4,11H2,1-2H3/t8-/m0/s1. The molecule has 0 amide bonds. The van der Waals surface area contributed by atoms with E-state index in [-0.39, 0.29) is 22.6 Å². The van der Waals surface area contributed by atoms with Gasteiger partial charge < -0.3 is 11.1 Å². The molecule has 0 aliphatic heterocycles. The zero-order valence-electron chi connectivity index (χ0n) is 8.45. The SMILES string of the molecule is CC(C)SC(=O)[C@@H](N)CCC(=O)C=N. The Morgan fingerprint density at radius 2 is 2.07 bits per heavy atom. The van der Waals surface area contributed by atoms with E-state index >= 15 is 0 Å². The first-order valence-electron chi connectivity index (χ1n) is 4.46. The molecule has 0 fully saturated rings. The first-order valence-corrected chi connectivity index (χ1v) is 5.34. The summed E-state index contributed by atoms with van der Waals surface area (Å²) in [6.45, 7) is 3.83. The molecule has 0 unspecified atom stereocenters. The number of Topliss-reactive ketones (excluding diaryl/α,β-unsaturated/α-hetero) is 1. The summed E-state index contributed by atoms with van der Waals surface area (Å²) in [5.74, 6) is -0.289. The molecule has 0 saturated heterocycles. The third-order valence-corrected chi connectivity index (χ3v) is 2.52. The van der Waals surface area contributed by atoms with E-state index in [1.807, 2.05) is 13.8 Å². The number of carbonyl (C=O) groups excluding carboxylic acids is 2. The van der Waals surface area contributed by atoms with Crippen LogP contribution in [0.5, 0.6) is 0 Å². The van der Waals surface area contributed by atoms with Crippen LogP contribution < -0.4 is 5.73 Å². The average molecular weight is 216 g/mol. The number of carbonyl (C=O) groups is 2. The Hall–Kier alpha value is -0.680. The van der Waals surface area contributed by atoms with Crippen molar-refractivity contribution in [3.05, 3.63) is 0 Å². The summed E-state index contributed by atoms with van der Waals surface area (Å²) in [6.07, 6.45) is 1.26. The molecule has 0 saturated carbocycles. The molecular formula is C9H16N2O2S. The Balaban J connectivity index is 3.83. The number of thioether (sulfide) groups is 1. The van der Waals surface area contributed by atoms with Gasteiger partial charge in [-0.1, -0.05) is 25.6 Å². The van der Waals surface area contributed by atoms with Crippen LogP contribution in [0.15, 0.2) is 0 Å². The summed E-state index contributed by atoms with van der Waals surface area (Å²) in [6, 6.07) is -0.591. The molecule has 0 bridgehead atoms. The smallest absolute Gasteiger partial charge is 0.205 e. The summed E-state index contributed by atoms with van der Waals surface area (Å²) in [5.41, 5.74) is 5.57. The fourth-order valence-electron chi connectivity index (χ4n) is 0.807. The van der Waals surface area contributed by atoms with Crippen LogP contribution in [0, 0.1) is 5.41 Å². The monoisotopic (exact) mass is 216 g/mol. The predicted octanol–water partition coefficient (Wildman–Crippen LogP) is 0.981. The molecular weight excluding hydrogens is 200 g/mol. The van der Waals surface area contributed by atoms with Crippen molar-refractivity contribution < 1.29 is 9.59 Å². The van der Waals surface area contributed by atoms with Gasteiger partial charge in [-0.2, -0.15) is 0 Å². The van der Waals surface area contributed by atoms with E-state index in [4.69, 9.17) is 11.1 Å². The number of hydrogen-bond acceptors (Lipinski definition) is 5. The Morgan fingerprint density at radius 1 is 1.50 bits per heavy atom. The van der Waals surface area contributed by atoms with Crippen molar-refractivity contribution >= 4 is 28.9 Å². The number of ketones is 1. The Kier molecular flexibility index (Phi) is 6.40. The van der Waals surface area contributed by atoms with Gasteiger partial charge in [-0.25, -0.2) is 0 Å². The van der Waals surface area contributed by atoms with Crippen LogP contribution in [-0.2, 0) is 9.59 Å². The van der Waals surface area contributed by atoms with Crippen molar-refractivity contribution in [3.63, 3.8) is 0 Å². The highest BCUT2D eigenvalue weighted by molar-refractivity contribution is 8.14. The highest BCUT2D eigenvalue weighted by Crippen LogP contribution is 2.14. The minimum Gasteiger partial charge on any atom is -0.321 e. The molecule has 0 aliphatic carbocycles. The molecule has 0 aliphatic rings. The van der Waals surface area contributed by atoms with Crippen LogP contribution in [0.4, 0.5) is 0 Å². The van der Waals surface area contributed by atoms with Crippen molar-refractivity contribution in [1.82, 2.24) is 0 Å². The molecule has 80 valence electrons. The summed E-state index contributed by atoms with van der Waals surface area (Å²) >= 11 is 1.19. The minimum absolute atomic E-state index is 0.0854. The van der Waals surface area contributed by atoms with Gasteiger partial charge in [0.2, 0.25) is 5.12 Å². The topological polar surface area (TPSA) is 84.0 Å². The van der Waals surface area contributed by atoms with Crippen LogP contribution >= 0.6 is 11.8 Å². The molecule has 0 radical (unpaired) electrons. The number of nitrogens with one attached hydrogen (secondary N) is 1. The molecule has 5 heteroatoms. The first kappa shape index (κ1) is 13.3. The lowest BCUT2D eigenvalue weighted by Gasteiger charge is -2.10. The molecule has 0 heterocycles. The lowest BCUT2D eigenvalue weighted by Crippen LogP contribution is -2.29. The zero-order chi connectivity index (χ0) is 11.1. The van der Waals surface area contributed by atoms with Gasteiger partial charge in [-0.3, -0.25) is 9.59 Å². The lowest BCUT2D eigenvalue weighted by atomic mass is 10.1. The van der Waals surface area contributed by atoms with Gasteiger partial charge in [0.15, 0.2) is 5.78 Å². The second-order valence-corrected chi connectivity index (χ2v) is 4.82. The van der Waals surface area contributed by atoms with E-state index in [0.29, 0.717) is 6.42 Å². The molecule has 0 rings (SSSR count). The first-order chi connectivity index (χ1) is 6.47. The van der Waals surface area contributed by atoms with E-state index in [1.54, 1.807) is 0 Å². The average Bonchev–Trinajstić information content (AvgIpc) is 2.12. The van der Waals surface area contributed by atoms with Crippen molar-refractivity contribution in [2.75, 3.05) is 0 Å². The van der Waals surface area contributed by atoms with E-state index < -0.39 is 6.04 Å². The van der Waals surface area contributed by atoms with Crippen molar-refractivity contribution in [2.45, 2.75) is 38.0 Å². The molecule has 0 spiro atoms. The molecule has 1 atom stereocenters. The second kappa shape index (κ2) is 6.73. The summed E-state index contributed by atoms with van der Waals surface area (Å²) < 4.78 is 0. The lowest BCUT2D eigenvalue weighted by molar-refractivity contribution is -0.113. The fraction of sp³-hybridized carbons (Fsp3) is 0.667. The van der Waals surface area contributed by atoms with Crippen molar-refractivity contribution in [2.24, 2.45) is 5.73 Å². The van der Waals surface area contributed by atoms with Gasteiger partial charge >= 0.3 is 0 Å². The van der Waals surface area contributed by atoms with Crippen molar-refractivity contribution in [3.8, 4) is 0 Å². The third-order valence-electron chi connectivity index (χ3n) is 1.52. The normalized spacial score (nSPS) is 12.6. The van der Waals surface area contributed by atoms with Gasteiger partial charge in [0.05, 0.1) is 12.3 Å². The molecule has 3 N–H and O–H groups in total. The van der Waals surface area contributed by atoms with Gasteiger partial charge in [0.25, 0.3) is 0 Å². The quantitative estimate of drug-likeness (QED) is 0.648. The zero-order valence-corrected chi connectivity index (χ0v) is 9.26. The number of hydrogen-bond donors (Lipinski definition) is 2. The highest BCUT2D eigenvalue weighted by Gasteiger charge is 2.16. The molecule has 0 aromatic carbocycles. The fourth-order valence-corrected chi connectivity index (χ4v) is 1.56. The Morgan fingerprint density at radius 3 is 2.50 bits per heavy atom. The third kappa shape index (κ3) is 5.88. The number of rotatable bonds is 6. The molecule has 4 nitrogen and oxygen atoms in total. The Bertz CT molecular complexity index is 229. The van der Waals surface area contributed by atoms with E-state index in [9.17, 15) is 9.59 Å². The van der Waals surface area contributed by atoms with E-state index in [1.165, 1.54) is 11.8 Å².